The Bertz CT molecular complexity index is 542. The van der Waals surface area contributed by atoms with Crippen LogP contribution in [0.25, 0.3) is 0 Å². The van der Waals surface area contributed by atoms with Gasteiger partial charge >= 0.3 is 0 Å². The van der Waals surface area contributed by atoms with Crippen LogP contribution < -0.4 is 9.62 Å². The van der Waals surface area contributed by atoms with E-state index in [1.54, 1.807) is 18.3 Å². The second-order valence-corrected chi connectivity index (χ2v) is 7.45. The van der Waals surface area contributed by atoms with Crippen molar-refractivity contribution in [2.24, 2.45) is 0 Å². The molecular formula is C14H22N2O2S. The third-order valence-corrected chi connectivity index (χ3v) is 6.02. The van der Waals surface area contributed by atoms with Crippen molar-refractivity contribution in [1.29, 1.82) is 0 Å². The third-order valence-electron chi connectivity index (χ3n) is 3.74. The Morgan fingerprint density at radius 2 is 2.11 bits per heavy atom. The summed E-state index contributed by atoms with van der Waals surface area (Å²) in [5.74, 6) is 0. The zero-order valence-corrected chi connectivity index (χ0v) is 12.6. The van der Waals surface area contributed by atoms with Crippen LogP contribution in [0.5, 0.6) is 0 Å². The van der Waals surface area contributed by atoms with Gasteiger partial charge in [-0.2, -0.15) is 0 Å². The number of nitrogens with one attached hydrogen (secondary N) is 1. The van der Waals surface area contributed by atoms with Crippen LogP contribution in [0, 0.1) is 0 Å². The molecule has 1 aromatic carbocycles. The van der Waals surface area contributed by atoms with Crippen LogP contribution in [0.1, 0.15) is 25.8 Å². The maximum Gasteiger partial charge on any atom is 0.239 e. The predicted octanol–water partition coefficient (Wildman–Crippen LogP) is 1.77. The van der Waals surface area contributed by atoms with E-state index in [1.165, 1.54) is 0 Å². The van der Waals surface area contributed by atoms with E-state index in [9.17, 15) is 8.42 Å². The first-order valence-corrected chi connectivity index (χ1v) is 8.24. The van der Waals surface area contributed by atoms with Gasteiger partial charge in [0.25, 0.3) is 0 Å². The molecule has 0 radical (unpaired) electrons. The number of benzene rings is 1. The van der Waals surface area contributed by atoms with E-state index in [4.69, 9.17) is 0 Å². The smallest absolute Gasteiger partial charge is 0.239 e. The molecule has 0 bridgehead atoms. The number of para-hydroxylation sites is 1. The quantitative estimate of drug-likeness (QED) is 0.915. The number of hydrogen-bond acceptors (Lipinski definition) is 3. The molecule has 1 aliphatic rings. The largest absolute Gasteiger partial charge is 0.318 e. The van der Waals surface area contributed by atoms with E-state index in [-0.39, 0.29) is 6.04 Å². The Hall–Kier alpha value is -1.07. The fraction of sp³-hybridized carbons (Fsp3) is 0.571. The highest BCUT2D eigenvalue weighted by Crippen LogP contribution is 2.33. The topological polar surface area (TPSA) is 49.4 Å². The van der Waals surface area contributed by atoms with Crippen LogP contribution in [-0.2, 0) is 16.4 Å². The first-order valence-electron chi connectivity index (χ1n) is 6.74. The molecule has 0 aromatic heterocycles. The molecule has 2 unspecified atom stereocenters. The molecule has 0 amide bonds. The minimum absolute atomic E-state index is 0.0270. The van der Waals surface area contributed by atoms with E-state index >= 15 is 0 Å². The molecule has 19 heavy (non-hydrogen) atoms. The standard InChI is InChI=1S/C14H22N2O2S/c1-11-8-9-13-6-4-5-7-14(13)16(11)19(17,18)12(2)10-15-3/h4-7,11-12,15H,8-10H2,1-3H3. The van der Waals surface area contributed by atoms with Crippen molar-refractivity contribution in [3.05, 3.63) is 29.8 Å². The molecule has 1 aromatic rings. The second kappa shape index (κ2) is 5.51. The maximum atomic E-state index is 12.7. The predicted molar refractivity (Wildman–Crippen MR) is 79.0 cm³/mol. The van der Waals surface area contributed by atoms with E-state index in [0.717, 1.165) is 24.1 Å². The van der Waals surface area contributed by atoms with Gasteiger partial charge < -0.3 is 5.32 Å². The third kappa shape index (κ3) is 2.62. The number of rotatable bonds is 4. The van der Waals surface area contributed by atoms with Crippen LogP contribution in [0.2, 0.25) is 0 Å². The summed E-state index contributed by atoms with van der Waals surface area (Å²) in [7, 11) is -1.54. The SMILES string of the molecule is CNCC(C)S(=O)(=O)N1c2ccccc2CCC1C. The summed E-state index contributed by atoms with van der Waals surface area (Å²) in [4.78, 5) is 0. The van der Waals surface area contributed by atoms with E-state index < -0.39 is 15.3 Å². The summed E-state index contributed by atoms with van der Waals surface area (Å²) in [6.07, 6.45) is 1.83. The van der Waals surface area contributed by atoms with Gasteiger partial charge in [-0.25, -0.2) is 8.42 Å². The Labute approximate surface area is 115 Å². The number of anilines is 1. The Balaban J connectivity index is 2.43. The lowest BCUT2D eigenvalue weighted by atomic mass is 9.99. The lowest BCUT2D eigenvalue weighted by Gasteiger charge is -2.37. The summed E-state index contributed by atoms with van der Waals surface area (Å²) in [5.41, 5.74) is 1.98. The number of fused-ring (bicyclic) bond motifs is 1. The molecule has 5 heteroatoms. The molecule has 1 heterocycles. The molecule has 106 valence electrons. The molecule has 0 aliphatic carbocycles. The summed E-state index contributed by atoms with van der Waals surface area (Å²) in [6.45, 7) is 4.21. The lowest BCUT2D eigenvalue weighted by molar-refractivity contribution is 0.549. The molecule has 0 spiro atoms. The number of aryl methyl sites for hydroxylation is 1. The Morgan fingerprint density at radius 1 is 1.42 bits per heavy atom. The van der Waals surface area contributed by atoms with Gasteiger partial charge in [-0.1, -0.05) is 18.2 Å². The Morgan fingerprint density at radius 3 is 2.79 bits per heavy atom. The van der Waals surface area contributed by atoms with Gasteiger partial charge in [-0.05, 0) is 45.4 Å². The molecular weight excluding hydrogens is 260 g/mol. The van der Waals surface area contributed by atoms with Gasteiger partial charge in [0.15, 0.2) is 0 Å². The van der Waals surface area contributed by atoms with Crippen molar-refractivity contribution in [3.63, 3.8) is 0 Å². The fourth-order valence-corrected chi connectivity index (χ4v) is 4.46. The fourth-order valence-electron chi connectivity index (χ4n) is 2.63. The molecule has 0 saturated carbocycles. The number of nitrogens with zero attached hydrogens (tertiary/aromatic N) is 1. The van der Waals surface area contributed by atoms with Crippen LogP contribution >= 0.6 is 0 Å². The highest BCUT2D eigenvalue weighted by molar-refractivity contribution is 7.93. The van der Waals surface area contributed by atoms with E-state index in [1.807, 2.05) is 31.2 Å². The molecule has 1 aliphatic heterocycles. The normalized spacial score (nSPS) is 21.0. The summed E-state index contributed by atoms with van der Waals surface area (Å²) in [6, 6.07) is 7.83. The van der Waals surface area contributed by atoms with Crippen molar-refractivity contribution in [2.75, 3.05) is 17.9 Å². The second-order valence-electron chi connectivity index (χ2n) is 5.23. The molecule has 4 nitrogen and oxygen atoms in total. The molecule has 0 fully saturated rings. The summed E-state index contributed by atoms with van der Waals surface area (Å²) < 4.78 is 27.1. The highest BCUT2D eigenvalue weighted by atomic mass is 32.2. The van der Waals surface area contributed by atoms with Gasteiger partial charge in [-0.3, -0.25) is 4.31 Å². The Kier molecular flexibility index (Phi) is 4.16. The van der Waals surface area contributed by atoms with Crippen molar-refractivity contribution in [2.45, 2.75) is 38.0 Å². The number of hydrogen-bond donors (Lipinski definition) is 1. The van der Waals surface area contributed by atoms with Gasteiger partial charge in [0.1, 0.15) is 0 Å². The number of sulfonamides is 1. The monoisotopic (exact) mass is 282 g/mol. The van der Waals surface area contributed by atoms with Crippen LogP contribution in [0.15, 0.2) is 24.3 Å². The van der Waals surface area contributed by atoms with E-state index in [0.29, 0.717) is 6.54 Å². The molecule has 2 atom stereocenters. The van der Waals surface area contributed by atoms with Crippen molar-refractivity contribution in [1.82, 2.24) is 5.32 Å². The van der Waals surface area contributed by atoms with Gasteiger partial charge in [0.05, 0.1) is 10.9 Å². The van der Waals surface area contributed by atoms with Gasteiger partial charge in [0, 0.05) is 12.6 Å². The van der Waals surface area contributed by atoms with Crippen LogP contribution in [0.4, 0.5) is 5.69 Å². The first-order chi connectivity index (χ1) is 8.98. The molecule has 1 N–H and O–H groups in total. The average molecular weight is 282 g/mol. The van der Waals surface area contributed by atoms with Crippen molar-refractivity contribution >= 4 is 15.7 Å². The van der Waals surface area contributed by atoms with Gasteiger partial charge in [-0.15, -0.1) is 0 Å². The maximum absolute atomic E-state index is 12.7. The molecule has 0 saturated heterocycles. The van der Waals surface area contributed by atoms with E-state index in [2.05, 4.69) is 5.32 Å². The highest BCUT2D eigenvalue weighted by Gasteiger charge is 2.35. The van der Waals surface area contributed by atoms with Gasteiger partial charge in [0.2, 0.25) is 10.0 Å². The van der Waals surface area contributed by atoms with Crippen molar-refractivity contribution in [3.8, 4) is 0 Å². The minimum Gasteiger partial charge on any atom is -0.318 e. The zero-order valence-electron chi connectivity index (χ0n) is 11.8. The average Bonchev–Trinajstić information content (AvgIpc) is 2.38. The lowest BCUT2D eigenvalue weighted by Crippen LogP contribution is -2.48. The minimum atomic E-state index is -3.32. The molecule has 2 rings (SSSR count). The summed E-state index contributed by atoms with van der Waals surface area (Å²) >= 11 is 0. The zero-order chi connectivity index (χ0) is 14.0. The van der Waals surface area contributed by atoms with Crippen LogP contribution in [-0.4, -0.2) is 33.3 Å². The van der Waals surface area contributed by atoms with Crippen molar-refractivity contribution < 1.29 is 8.42 Å². The first kappa shape index (κ1) is 14.3. The van der Waals surface area contributed by atoms with Crippen LogP contribution in [0.3, 0.4) is 0 Å². The summed E-state index contributed by atoms with van der Waals surface area (Å²) in [5, 5.41) is 2.52.